The van der Waals surface area contributed by atoms with Crippen LogP contribution in [0.5, 0.6) is 0 Å². The van der Waals surface area contributed by atoms with Gasteiger partial charge in [-0.05, 0) is 24.3 Å². The Hall–Kier alpha value is -0.970. The average Bonchev–Trinajstić information content (AvgIpc) is 2.26. The number of carbonyl (C=O) groups is 2. The fourth-order valence-electron chi connectivity index (χ4n) is 0.846. The Morgan fingerprint density at radius 1 is 1.06 bits per heavy atom. The van der Waals surface area contributed by atoms with Gasteiger partial charge in [-0.3, -0.25) is 20.4 Å². The van der Waals surface area contributed by atoms with E-state index in [2.05, 4.69) is 10.9 Å². The molecule has 2 N–H and O–H groups in total. The van der Waals surface area contributed by atoms with E-state index in [0.717, 1.165) is 0 Å². The van der Waals surface area contributed by atoms with Crippen LogP contribution in [0.4, 0.5) is 0 Å². The highest BCUT2D eigenvalue weighted by molar-refractivity contribution is 6.53. The first-order chi connectivity index (χ1) is 7.50. The number of hydrogen-bond acceptors (Lipinski definition) is 2. The number of hydrogen-bond donors (Lipinski definition) is 2. The van der Waals surface area contributed by atoms with Crippen molar-refractivity contribution in [3.63, 3.8) is 0 Å². The van der Waals surface area contributed by atoms with Gasteiger partial charge in [-0.1, -0.05) is 34.8 Å². The Morgan fingerprint density at radius 2 is 1.62 bits per heavy atom. The van der Waals surface area contributed by atoms with E-state index in [4.69, 9.17) is 34.8 Å². The average molecular weight is 282 g/mol. The molecule has 1 aromatic carbocycles. The minimum atomic E-state index is -1.23. The monoisotopic (exact) mass is 280 g/mol. The topological polar surface area (TPSA) is 58.2 Å². The van der Waals surface area contributed by atoms with E-state index in [1.54, 1.807) is 12.1 Å². The van der Waals surface area contributed by atoms with Gasteiger partial charge in [0.1, 0.15) is 0 Å². The lowest BCUT2D eigenvalue weighted by Crippen LogP contribution is -2.43. The van der Waals surface area contributed by atoms with Crippen LogP contribution in [-0.2, 0) is 4.79 Å². The molecule has 0 fully saturated rings. The summed E-state index contributed by atoms with van der Waals surface area (Å²) < 4.78 is 0. The maximum atomic E-state index is 11.4. The molecular formula is C9H7Cl3N2O2. The third-order valence-corrected chi connectivity index (χ3v) is 2.25. The summed E-state index contributed by atoms with van der Waals surface area (Å²) in [5.74, 6) is -1.19. The van der Waals surface area contributed by atoms with Gasteiger partial charge in [0, 0.05) is 10.6 Å². The Balaban J connectivity index is 2.53. The van der Waals surface area contributed by atoms with Gasteiger partial charge in [0.25, 0.3) is 11.8 Å². The molecule has 0 aromatic heterocycles. The van der Waals surface area contributed by atoms with Crippen LogP contribution < -0.4 is 10.9 Å². The third-order valence-electron chi connectivity index (χ3n) is 1.60. The molecule has 4 nitrogen and oxygen atoms in total. The Morgan fingerprint density at radius 3 is 2.12 bits per heavy atom. The number of hydrazine groups is 1. The van der Waals surface area contributed by atoms with Gasteiger partial charge in [-0.15, -0.1) is 0 Å². The van der Waals surface area contributed by atoms with Crippen molar-refractivity contribution >= 4 is 46.6 Å². The lowest BCUT2D eigenvalue weighted by molar-refractivity contribution is -0.120. The largest absolute Gasteiger partial charge is 0.271 e. The highest BCUT2D eigenvalue weighted by Gasteiger charge is 2.12. The summed E-state index contributed by atoms with van der Waals surface area (Å²) >= 11 is 16.2. The molecule has 0 saturated carbocycles. The highest BCUT2D eigenvalue weighted by Crippen LogP contribution is 2.09. The molecule has 16 heavy (non-hydrogen) atoms. The van der Waals surface area contributed by atoms with E-state index in [1.807, 2.05) is 0 Å². The van der Waals surface area contributed by atoms with Crippen molar-refractivity contribution in [2.75, 3.05) is 0 Å². The standard InChI is InChI=1S/C9H7Cl3N2O2/c10-6-3-1-5(2-4-6)8(15)13-14-9(16)7(11)12/h1-4,7H,(H,13,15)(H,14,16). The van der Waals surface area contributed by atoms with Gasteiger partial charge in [-0.2, -0.15) is 0 Å². The number of benzene rings is 1. The van der Waals surface area contributed by atoms with Crippen LogP contribution in [0.25, 0.3) is 0 Å². The van der Waals surface area contributed by atoms with Crippen molar-refractivity contribution in [2.45, 2.75) is 4.84 Å². The zero-order valence-electron chi connectivity index (χ0n) is 7.84. The van der Waals surface area contributed by atoms with Crippen molar-refractivity contribution in [3.8, 4) is 0 Å². The van der Waals surface area contributed by atoms with Crippen LogP contribution in [0.3, 0.4) is 0 Å². The van der Waals surface area contributed by atoms with Crippen LogP contribution in [0.15, 0.2) is 24.3 Å². The van der Waals surface area contributed by atoms with Crippen molar-refractivity contribution in [1.29, 1.82) is 0 Å². The van der Waals surface area contributed by atoms with E-state index in [9.17, 15) is 9.59 Å². The molecule has 0 aliphatic carbocycles. The summed E-state index contributed by atoms with van der Waals surface area (Å²) in [5.41, 5.74) is 4.56. The van der Waals surface area contributed by atoms with Gasteiger partial charge < -0.3 is 0 Å². The molecule has 1 aromatic rings. The molecule has 0 bridgehead atoms. The van der Waals surface area contributed by atoms with E-state index in [0.29, 0.717) is 10.6 Å². The van der Waals surface area contributed by atoms with E-state index >= 15 is 0 Å². The van der Waals surface area contributed by atoms with Crippen LogP contribution in [0, 0.1) is 0 Å². The molecule has 0 aliphatic heterocycles. The lowest BCUT2D eigenvalue weighted by Gasteiger charge is -2.07. The molecule has 7 heteroatoms. The summed E-state index contributed by atoms with van der Waals surface area (Å²) in [6.07, 6.45) is 0. The summed E-state index contributed by atoms with van der Waals surface area (Å²) in [6, 6.07) is 6.15. The zero-order chi connectivity index (χ0) is 12.1. The molecular weight excluding hydrogens is 274 g/mol. The molecule has 2 amide bonds. The molecule has 0 heterocycles. The van der Waals surface area contributed by atoms with Crippen molar-refractivity contribution in [2.24, 2.45) is 0 Å². The second-order valence-corrected chi connectivity index (χ2v) is 4.28. The molecule has 1 rings (SSSR count). The molecule has 0 saturated heterocycles. The molecule has 0 spiro atoms. The lowest BCUT2D eigenvalue weighted by atomic mass is 10.2. The van der Waals surface area contributed by atoms with E-state index < -0.39 is 16.7 Å². The van der Waals surface area contributed by atoms with Crippen molar-refractivity contribution < 1.29 is 9.59 Å². The first-order valence-electron chi connectivity index (χ1n) is 4.14. The van der Waals surface area contributed by atoms with Crippen LogP contribution in [0.2, 0.25) is 5.02 Å². The minimum absolute atomic E-state index is 0.352. The Labute approximate surface area is 107 Å². The quantitative estimate of drug-likeness (QED) is 0.642. The summed E-state index contributed by atoms with van der Waals surface area (Å²) in [4.78, 5) is 21.1. The fraction of sp³-hybridized carbons (Fsp3) is 0.111. The van der Waals surface area contributed by atoms with Gasteiger partial charge in [-0.25, -0.2) is 0 Å². The van der Waals surface area contributed by atoms with Gasteiger partial charge in [0.15, 0.2) is 4.84 Å². The van der Waals surface area contributed by atoms with Crippen LogP contribution in [-0.4, -0.2) is 16.7 Å². The second kappa shape index (κ2) is 5.94. The number of alkyl halides is 2. The molecule has 86 valence electrons. The van der Waals surface area contributed by atoms with Crippen molar-refractivity contribution in [3.05, 3.63) is 34.9 Å². The normalized spacial score (nSPS) is 10.0. The van der Waals surface area contributed by atoms with Crippen LogP contribution in [0.1, 0.15) is 10.4 Å². The number of halogens is 3. The third kappa shape index (κ3) is 3.89. The van der Waals surface area contributed by atoms with E-state index in [-0.39, 0.29) is 0 Å². The smallest absolute Gasteiger partial charge is 0.270 e. The molecule has 0 atom stereocenters. The molecule has 0 unspecified atom stereocenters. The summed E-state index contributed by atoms with van der Waals surface area (Å²) in [6.45, 7) is 0. The SMILES string of the molecule is O=C(NNC(=O)C(Cl)Cl)c1ccc(Cl)cc1. The maximum absolute atomic E-state index is 11.4. The second-order valence-electron chi connectivity index (χ2n) is 2.75. The molecule has 0 radical (unpaired) electrons. The van der Waals surface area contributed by atoms with Crippen molar-refractivity contribution in [1.82, 2.24) is 10.9 Å². The maximum Gasteiger partial charge on any atom is 0.271 e. The number of amides is 2. The first kappa shape index (κ1) is 13.1. The highest BCUT2D eigenvalue weighted by atomic mass is 35.5. The fourth-order valence-corrected chi connectivity index (χ4v) is 1.08. The predicted octanol–water partition coefficient (Wildman–Crippen LogP) is 1.90. The number of rotatable bonds is 2. The summed E-state index contributed by atoms with van der Waals surface area (Å²) in [7, 11) is 0. The Kier molecular flexibility index (Phi) is 4.86. The summed E-state index contributed by atoms with van der Waals surface area (Å²) in [5, 5.41) is 0.516. The van der Waals surface area contributed by atoms with E-state index in [1.165, 1.54) is 12.1 Å². The predicted molar refractivity (Wildman–Crippen MR) is 62.6 cm³/mol. The first-order valence-corrected chi connectivity index (χ1v) is 5.39. The Bertz CT molecular complexity index is 392. The zero-order valence-corrected chi connectivity index (χ0v) is 10.1. The number of nitrogens with one attached hydrogen (secondary N) is 2. The minimum Gasteiger partial charge on any atom is -0.270 e. The number of carbonyl (C=O) groups excluding carboxylic acids is 2. The molecule has 0 aliphatic rings. The van der Waals surface area contributed by atoms with Gasteiger partial charge in [0.05, 0.1) is 0 Å². The van der Waals surface area contributed by atoms with Gasteiger partial charge in [0.2, 0.25) is 0 Å². The van der Waals surface area contributed by atoms with Crippen LogP contribution >= 0.6 is 34.8 Å². The van der Waals surface area contributed by atoms with Gasteiger partial charge >= 0.3 is 0 Å².